The largest absolute Gasteiger partial charge is 0.436 e. The number of aromatic nitrogens is 1. The summed E-state index contributed by atoms with van der Waals surface area (Å²) in [6.07, 6.45) is 1.68. The fourth-order valence-corrected chi connectivity index (χ4v) is 4.26. The first-order valence-electron chi connectivity index (χ1n) is 10.7. The van der Waals surface area contributed by atoms with Crippen molar-refractivity contribution in [2.45, 2.75) is 0 Å². The van der Waals surface area contributed by atoms with Crippen molar-refractivity contribution < 1.29 is 13.6 Å². The van der Waals surface area contributed by atoms with Crippen molar-refractivity contribution in [2.24, 2.45) is 0 Å². The Morgan fingerprint density at radius 1 is 0.909 bits per heavy atom. The molecule has 1 aliphatic heterocycles. The van der Waals surface area contributed by atoms with Gasteiger partial charge in [-0.25, -0.2) is 9.37 Å². The Labute approximate surface area is 199 Å². The maximum absolute atomic E-state index is 13.4. The van der Waals surface area contributed by atoms with E-state index in [0.717, 1.165) is 15.7 Å². The fourth-order valence-electron chi connectivity index (χ4n) is 3.99. The standard InChI is InChI=1S/C26H21BrFN3O2/c27-19-7-5-18(6-8-19)24-17-29-25(33-24)22-3-1-2-4-23(22)26(32)31-15-13-30(14-16-31)21-11-9-20(28)10-12-21/h1-12,17H,13-16H2. The second-order valence-corrected chi connectivity index (χ2v) is 8.75. The summed E-state index contributed by atoms with van der Waals surface area (Å²) in [5.41, 5.74) is 3.12. The third kappa shape index (κ3) is 4.54. The molecule has 3 aromatic carbocycles. The van der Waals surface area contributed by atoms with Gasteiger partial charge in [-0.15, -0.1) is 0 Å². The van der Waals surface area contributed by atoms with E-state index in [9.17, 15) is 9.18 Å². The number of anilines is 1. The Hall–Kier alpha value is -3.45. The van der Waals surface area contributed by atoms with Crippen molar-refractivity contribution in [1.29, 1.82) is 0 Å². The summed E-state index contributed by atoms with van der Waals surface area (Å²) in [5.74, 6) is 0.765. The number of amides is 1. The number of carbonyl (C=O) groups is 1. The lowest BCUT2D eigenvalue weighted by molar-refractivity contribution is 0.0747. The van der Waals surface area contributed by atoms with Gasteiger partial charge in [0.1, 0.15) is 5.82 Å². The van der Waals surface area contributed by atoms with Gasteiger partial charge in [-0.05, 0) is 48.5 Å². The van der Waals surface area contributed by atoms with Crippen LogP contribution in [0.4, 0.5) is 10.1 Å². The van der Waals surface area contributed by atoms with Gasteiger partial charge >= 0.3 is 0 Å². The van der Waals surface area contributed by atoms with Gasteiger partial charge in [-0.2, -0.15) is 0 Å². The van der Waals surface area contributed by atoms with E-state index in [4.69, 9.17) is 4.42 Å². The Kier molecular flexibility index (Phi) is 5.96. The zero-order valence-electron chi connectivity index (χ0n) is 17.7. The Balaban J connectivity index is 1.33. The molecule has 0 atom stereocenters. The number of carbonyl (C=O) groups excluding carboxylic acids is 1. The number of hydrogen-bond acceptors (Lipinski definition) is 4. The molecule has 166 valence electrons. The van der Waals surface area contributed by atoms with E-state index in [2.05, 4.69) is 25.8 Å². The SMILES string of the molecule is O=C(c1ccccc1-c1ncc(-c2ccc(Br)cc2)o1)N1CCN(c2ccc(F)cc2)CC1. The molecule has 2 heterocycles. The molecule has 0 spiro atoms. The fraction of sp³-hybridized carbons (Fsp3) is 0.154. The third-order valence-corrected chi connectivity index (χ3v) is 6.31. The predicted molar refractivity (Wildman–Crippen MR) is 130 cm³/mol. The minimum atomic E-state index is -0.251. The van der Waals surface area contributed by atoms with Crippen LogP contribution in [0.3, 0.4) is 0 Å². The summed E-state index contributed by atoms with van der Waals surface area (Å²) in [5, 5.41) is 0. The van der Waals surface area contributed by atoms with Crippen molar-refractivity contribution in [3.05, 3.63) is 94.8 Å². The van der Waals surface area contributed by atoms with Gasteiger partial charge in [0, 0.05) is 47.5 Å². The molecule has 1 amide bonds. The van der Waals surface area contributed by atoms with Crippen LogP contribution in [-0.2, 0) is 0 Å². The number of halogens is 2. The van der Waals surface area contributed by atoms with E-state index in [1.165, 1.54) is 12.1 Å². The van der Waals surface area contributed by atoms with Crippen molar-refractivity contribution >= 4 is 27.5 Å². The zero-order chi connectivity index (χ0) is 22.8. The van der Waals surface area contributed by atoms with Gasteiger partial charge in [0.15, 0.2) is 5.76 Å². The maximum Gasteiger partial charge on any atom is 0.254 e. The lowest BCUT2D eigenvalue weighted by Gasteiger charge is -2.36. The predicted octanol–water partition coefficient (Wildman–Crippen LogP) is 5.87. The molecule has 33 heavy (non-hydrogen) atoms. The van der Waals surface area contributed by atoms with E-state index in [1.54, 1.807) is 18.3 Å². The van der Waals surface area contributed by atoms with E-state index < -0.39 is 0 Å². The summed E-state index contributed by atoms with van der Waals surface area (Å²) in [6, 6.07) is 21.7. The van der Waals surface area contributed by atoms with Crippen molar-refractivity contribution in [3.63, 3.8) is 0 Å². The number of oxazole rings is 1. The first-order chi connectivity index (χ1) is 16.1. The highest BCUT2D eigenvalue weighted by atomic mass is 79.9. The second-order valence-electron chi connectivity index (χ2n) is 7.84. The van der Waals surface area contributed by atoms with Crippen LogP contribution in [0.1, 0.15) is 10.4 Å². The summed E-state index contributed by atoms with van der Waals surface area (Å²) < 4.78 is 20.2. The average Bonchev–Trinajstić information content (AvgIpc) is 3.35. The second kappa shape index (κ2) is 9.19. The lowest BCUT2D eigenvalue weighted by Crippen LogP contribution is -2.48. The Morgan fingerprint density at radius 3 is 2.33 bits per heavy atom. The summed E-state index contributed by atoms with van der Waals surface area (Å²) in [7, 11) is 0. The van der Waals surface area contributed by atoms with Gasteiger partial charge < -0.3 is 14.2 Å². The molecule has 0 unspecified atom stereocenters. The number of piperazine rings is 1. The number of hydrogen-bond donors (Lipinski definition) is 0. The highest BCUT2D eigenvalue weighted by Gasteiger charge is 2.25. The van der Waals surface area contributed by atoms with Crippen molar-refractivity contribution in [3.8, 4) is 22.8 Å². The average molecular weight is 506 g/mol. The monoisotopic (exact) mass is 505 g/mol. The topological polar surface area (TPSA) is 49.6 Å². The normalized spacial score (nSPS) is 13.9. The van der Waals surface area contributed by atoms with E-state index in [-0.39, 0.29) is 11.7 Å². The van der Waals surface area contributed by atoms with Crippen LogP contribution < -0.4 is 4.90 Å². The summed E-state index contributed by atoms with van der Waals surface area (Å²) in [6.45, 7) is 2.54. The number of rotatable bonds is 4. The molecule has 7 heteroatoms. The Bertz CT molecular complexity index is 1260. The van der Waals surface area contributed by atoms with Gasteiger partial charge in [-0.1, -0.05) is 40.2 Å². The maximum atomic E-state index is 13.4. The number of benzene rings is 3. The van der Waals surface area contributed by atoms with Gasteiger partial charge in [-0.3, -0.25) is 4.79 Å². The first kappa shape index (κ1) is 21.4. The minimum absolute atomic E-state index is 0.0484. The summed E-state index contributed by atoms with van der Waals surface area (Å²) >= 11 is 3.44. The lowest BCUT2D eigenvalue weighted by atomic mass is 10.1. The molecule has 0 bridgehead atoms. The molecule has 0 saturated carbocycles. The van der Waals surface area contributed by atoms with Gasteiger partial charge in [0.25, 0.3) is 5.91 Å². The molecular weight excluding hydrogens is 485 g/mol. The minimum Gasteiger partial charge on any atom is -0.436 e. The quantitative estimate of drug-likeness (QED) is 0.347. The molecular formula is C26H21BrFN3O2. The van der Waals surface area contributed by atoms with Gasteiger partial charge in [0.2, 0.25) is 5.89 Å². The first-order valence-corrected chi connectivity index (χ1v) is 11.5. The molecule has 1 saturated heterocycles. The third-order valence-electron chi connectivity index (χ3n) is 5.78. The van der Waals surface area contributed by atoms with E-state index >= 15 is 0 Å². The molecule has 0 radical (unpaired) electrons. The zero-order valence-corrected chi connectivity index (χ0v) is 19.3. The van der Waals surface area contributed by atoms with Crippen molar-refractivity contribution in [2.75, 3.05) is 31.1 Å². The molecule has 1 fully saturated rings. The van der Waals surface area contributed by atoms with Crippen molar-refractivity contribution in [1.82, 2.24) is 9.88 Å². The molecule has 1 aliphatic rings. The van der Waals surface area contributed by atoms with Crippen LogP contribution >= 0.6 is 15.9 Å². The van der Waals surface area contributed by atoms with Crippen LogP contribution in [0.2, 0.25) is 0 Å². The molecule has 4 aromatic rings. The van der Waals surface area contributed by atoms with Gasteiger partial charge in [0.05, 0.1) is 11.8 Å². The molecule has 5 nitrogen and oxygen atoms in total. The van der Waals surface area contributed by atoms with Crippen LogP contribution in [0.25, 0.3) is 22.8 Å². The van der Waals surface area contributed by atoms with E-state index in [0.29, 0.717) is 49.0 Å². The highest BCUT2D eigenvalue weighted by Crippen LogP contribution is 2.30. The summed E-state index contributed by atoms with van der Waals surface area (Å²) in [4.78, 5) is 21.8. The van der Waals surface area contributed by atoms with Crippen LogP contribution in [0.15, 0.2) is 87.9 Å². The molecule has 0 N–H and O–H groups in total. The molecule has 1 aromatic heterocycles. The van der Waals surface area contributed by atoms with Crippen LogP contribution in [0.5, 0.6) is 0 Å². The van der Waals surface area contributed by atoms with E-state index in [1.807, 2.05) is 53.4 Å². The van der Waals surface area contributed by atoms with Crippen LogP contribution in [-0.4, -0.2) is 42.0 Å². The smallest absolute Gasteiger partial charge is 0.254 e. The Morgan fingerprint density at radius 2 is 1.61 bits per heavy atom. The number of nitrogens with zero attached hydrogens (tertiary/aromatic N) is 3. The molecule has 0 aliphatic carbocycles. The highest BCUT2D eigenvalue weighted by molar-refractivity contribution is 9.10. The van der Waals surface area contributed by atoms with Crippen LogP contribution in [0, 0.1) is 5.82 Å². The molecule has 5 rings (SSSR count).